The zero-order valence-corrected chi connectivity index (χ0v) is 13.4. The Balaban J connectivity index is 2.32. The number of nitrogens with zero attached hydrogens (tertiary/aromatic N) is 1. The van der Waals surface area contributed by atoms with Crippen LogP contribution < -0.4 is 5.32 Å². The Bertz CT molecular complexity index is 532. The maximum absolute atomic E-state index is 13.8. The van der Waals surface area contributed by atoms with E-state index in [0.717, 1.165) is 12.8 Å². The van der Waals surface area contributed by atoms with Crippen LogP contribution in [0.2, 0.25) is 0 Å². The summed E-state index contributed by atoms with van der Waals surface area (Å²) in [6.45, 7) is 3.88. The summed E-state index contributed by atoms with van der Waals surface area (Å²) < 4.78 is 47.8. The molecule has 7 heteroatoms. The van der Waals surface area contributed by atoms with Gasteiger partial charge in [-0.05, 0) is 44.9 Å². The maximum atomic E-state index is 13.8. The molecule has 1 fully saturated rings. The van der Waals surface area contributed by atoms with Crippen molar-refractivity contribution in [3.63, 3.8) is 0 Å². The van der Waals surface area contributed by atoms with Crippen molar-refractivity contribution in [2.24, 2.45) is 0 Å². The van der Waals surface area contributed by atoms with Gasteiger partial charge in [-0.15, -0.1) is 0 Å². The summed E-state index contributed by atoms with van der Waals surface area (Å²) in [7, 11) is 0. The molecule has 1 aliphatic heterocycles. The second kappa shape index (κ2) is 6.95. The summed E-state index contributed by atoms with van der Waals surface area (Å²) in [5.74, 6) is -0.454. The number of halogens is 3. The first-order chi connectivity index (χ1) is 10.8. The number of hydrogen-bond acceptors (Lipinski definition) is 3. The lowest BCUT2D eigenvalue weighted by Crippen LogP contribution is -2.53. The summed E-state index contributed by atoms with van der Waals surface area (Å²) >= 11 is 0. The van der Waals surface area contributed by atoms with Crippen molar-refractivity contribution < 1.29 is 22.7 Å². The summed E-state index contributed by atoms with van der Waals surface area (Å²) in [5, 5.41) is 2.70. The standard InChI is InChI=1S/C16H23F3N2O2/c1-3-23-14(22)12(2)21-10-7-13(11-21)15(16(17,18)19)8-5-4-6-9-20-15/h7,10-12,20H,3-6,8-9H2,1-2H3/t12-,15?/m0/s1. The summed E-state index contributed by atoms with van der Waals surface area (Å²) in [5.41, 5.74) is -1.88. The predicted octanol–water partition coefficient (Wildman–Crippen LogP) is 3.53. The van der Waals surface area contributed by atoms with Crippen molar-refractivity contribution >= 4 is 5.97 Å². The second-order valence-corrected chi connectivity index (χ2v) is 5.92. The highest BCUT2D eigenvalue weighted by Gasteiger charge is 2.55. The molecule has 130 valence electrons. The zero-order chi connectivity index (χ0) is 17.1. The fourth-order valence-corrected chi connectivity index (χ4v) is 3.03. The lowest BCUT2D eigenvalue weighted by molar-refractivity contribution is -0.202. The monoisotopic (exact) mass is 332 g/mol. The number of carbonyl (C=O) groups is 1. The van der Waals surface area contributed by atoms with Crippen molar-refractivity contribution in [1.82, 2.24) is 9.88 Å². The molecule has 2 atom stereocenters. The summed E-state index contributed by atoms with van der Waals surface area (Å²) in [6, 6.07) is 0.793. The SMILES string of the molecule is CCOC(=O)[C@H](C)n1ccc(C2(C(F)(F)F)CCCCCN2)c1. The molecule has 0 radical (unpaired) electrons. The molecule has 1 saturated heterocycles. The van der Waals surface area contributed by atoms with E-state index in [9.17, 15) is 18.0 Å². The number of aromatic nitrogens is 1. The maximum Gasteiger partial charge on any atom is 0.410 e. The van der Waals surface area contributed by atoms with E-state index in [0.29, 0.717) is 13.0 Å². The lowest BCUT2D eigenvalue weighted by Gasteiger charge is -2.35. The molecular formula is C16H23F3N2O2. The van der Waals surface area contributed by atoms with E-state index < -0.39 is 23.7 Å². The first-order valence-electron chi connectivity index (χ1n) is 7.98. The van der Waals surface area contributed by atoms with E-state index >= 15 is 0 Å². The molecule has 2 rings (SSSR count). The highest BCUT2D eigenvalue weighted by molar-refractivity contribution is 5.73. The average Bonchev–Trinajstić information content (AvgIpc) is 2.83. The Morgan fingerprint density at radius 2 is 2.17 bits per heavy atom. The minimum atomic E-state index is -4.39. The van der Waals surface area contributed by atoms with Crippen LogP contribution in [0.4, 0.5) is 13.2 Å². The van der Waals surface area contributed by atoms with Crippen molar-refractivity contribution in [2.45, 2.75) is 57.3 Å². The molecule has 1 aromatic heterocycles. The zero-order valence-electron chi connectivity index (χ0n) is 13.4. The number of ether oxygens (including phenoxy) is 1. The largest absolute Gasteiger partial charge is 0.464 e. The van der Waals surface area contributed by atoms with Crippen LogP contribution in [0.1, 0.15) is 51.1 Å². The van der Waals surface area contributed by atoms with E-state index in [1.807, 2.05) is 0 Å². The van der Waals surface area contributed by atoms with Gasteiger partial charge in [0.1, 0.15) is 11.6 Å². The number of rotatable bonds is 4. The highest BCUT2D eigenvalue weighted by Crippen LogP contribution is 2.44. The molecule has 1 unspecified atom stereocenters. The van der Waals surface area contributed by atoms with Gasteiger partial charge in [0.15, 0.2) is 0 Å². The van der Waals surface area contributed by atoms with Gasteiger partial charge in [0.25, 0.3) is 0 Å². The number of alkyl halides is 3. The first kappa shape index (κ1) is 17.8. The second-order valence-electron chi connectivity index (χ2n) is 5.92. The molecule has 4 nitrogen and oxygen atoms in total. The topological polar surface area (TPSA) is 43.3 Å². The molecular weight excluding hydrogens is 309 g/mol. The van der Waals surface area contributed by atoms with E-state index in [2.05, 4.69) is 5.32 Å². The normalized spacial score (nSPS) is 24.0. The van der Waals surface area contributed by atoms with Crippen molar-refractivity contribution in [2.75, 3.05) is 13.2 Å². The van der Waals surface area contributed by atoms with Crippen LogP contribution in [-0.2, 0) is 15.1 Å². The van der Waals surface area contributed by atoms with Crippen LogP contribution in [-0.4, -0.2) is 29.9 Å². The Kier molecular flexibility index (Phi) is 5.39. The minimum absolute atomic E-state index is 0.00823. The average molecular weight is 332 g/mol. The Morgan fingerprint density at radius 3 is 2.83 bits per heavy atom. The van der Waals surface area contributed by atoms with Crippen LogP contribution in [0, 0.1) is 0 Å². The van der Waals surface area contributed by atoms with E-state index in [1.54, 1.807) is 13.8 Å². The minimum Gasteiger partial charge on any atom is -0.464 e. The molecule has 0 spiro atoms. The molecule has 2 heterocycles. The molecule has 0 aromatic carbocycles. The molecule has 1 N–H and O–H groups in total. The van der Waals surface area contributed by atoms with Crippen molar-refractivity contribution in [3.8, 4) is 0 Å². The smallest absolute Gasteiger partial charge is 0.410 e. The van der Waals surface area contributed by atoms with Gasteiger partial charge in [-0.3, -0.25) is 5.32 Å². The number of esters is 1. The van der Waals surface area contributed by atoms with Crippen molar-refractivity contribution in [1.29, 1.82) is 0 Å². The lowest BCUT2D eigenvalue weighted by atomic mass is 9.86. The molecule has 1 aromatic rings. The van der Waals surface area contributed by atoms with Gasteiger partial charge in [-0.25, -0.2) is 4.79 Å². The quantitative estimate of drug-likeness (QED) is 0.858. The van der Waals surface area contributed by atoms with E-state index in [-0.39, 0.29) is 18.6 Å². The van der Waals surface area contributed by atoms with Crippen LogP contribution in [0.25, 0.3) is 0 Å². The molecule has 0 aliphatic carbocycles. The molecule has 0 amide bonds. The van der Waals surface area contributed by atoms with Gasteiger partial charge in [-0.1, -0.05) is 12.8 Å². The van der Waals surface area contributed by atoms with Gasteiger partial charge >= 0.3 is 12.1 Å². The molecule has 23 heavy (non-hydrogen) atoms. The molecule has 0 saturated carbocycles. The van der Waals surface area contributed by atoms with Gasteiger partial charge in [0, 0.05) is 12.4 Å². The van der Waals surface area contributed by atoms with Crippen LogP contribution >= 0.6 is 0 Å². The van der Waals surface area contributed by atoms with Crippen LogP contribution in [0.3, 0.4) is 0 Å². The van der Waals surface area contributed by atoms with E-state index in [1.165, 1.54) is 23.0 Å². The van der Waals surface area contributed by atoms with Gasteiger partial charge in [0.05, 0.1) is 6.61 Å². The van der Waals surface area contributed by atoms with Gasteiger partial charge in [0.2, 0.25) is 0 Å². The highest BCUT2D eigenvalue weighted by atomic mass is 19.4. The summed E-state index contributed by atoms with van der Waals surface area (Å²) in [4.78, 5) is 11.8. The number of hydrogen-bond donors (Lipinski definition) is 1. The van der Waals surface area contributed by atoms with E-state index in [4.69, 9.17) is 4.74 Å². The number of nitrogens with one attached hydrogen (secondary N) is 1. The predicted molar refractivity (Wildman–Crippen MR) is 80.0 cm³/mol. The van der Waals surface area contributed by atoms with Gasteiger partial charge in [-0.2, -0.15) is 13.2 Å². The van der Waals surface area contributed by atoms with Gasteiger partial charge < -0.3 is 9.30 Å². The van der Waals surface area contributed by atoms with Crippen molar-refractivity contribution in [3.05, 3.63) is 24.0 Å². The third-order valence-electron chi connectivity index (χ3n) is 4.42. The molecule has 1 aliphatic rings. The Labute approximate surface area is 134 Å². The van der Waals surface area contributed by atoms with Crippen LogP contribution in [0.15, 0.2) is 18.5 Å². The Morgan fingerprint density at radius 1 is 1.43 bits per heavy atom. The first-order valence-corrected chi connectivity index (χ1v) is 7.98. The third-order valence-corrected chi connectivity index (χ3v) is 4.42. The molecule has 0 bridgehead atoms. The fraction of sp³-hybridized carbons (Fsp3) is 0.688. The number of carbonyl (C=O) groups excluding carboxylic acids is 1. The fourth-order valence-electron chi connectivity index (χ4n) is 3.03. The third kappa shape index (κ3) is 3.54. The summed E-state index contributed by atoms with van der Waals surface area (Å²) in [6.07, 6.45) is 0.572. The Hall–Kier alpha value is -1.50. The van der Waals surface area contributed by atoms with Crippen LogP contribution in [0.5, 0.6) is 0 Å².